The average molecular weight is 278 g/mol. The van der Waals surface area contributed by atoms with Gasteiger partial charge in [-0.3, -0.25) is 4.90 Å². The van der Waals surface area contributed by atoms with E-state index in [1.54, 1.807) is 12.3 Å². The number of anilines is 1. The van der Waals surface area contributed by atoms with Gasteiger partial charge < -0.3 is 5.32 Å². The quantitative estimate of drug-likeness (QED) is 0.938. The first kappa shape index (κ1) is 13.6. The molecule has 2 heterocycles. The summed E-state index contributed by atoms with van der Waals surface area (Å²) < 4.78 is 0. The summed E-state index contributed by atoms with van der Waals surface area (Å²) in [6, 6.07) is 17.0. The highest BCUT2D eigenvalue weighted by Gasteiger charge is 2.32. The summed E-state index contributed by atoms with van der Waals surface area (Å²) in [5, 5.41) is 12.4. The molecule has 1 aromatic carbocycles. The molecule has 2 aromatic rings. The molecule has 0 aliphatic carbocycles. The van der Waals surface area contributed by atoms with Gasteiger partial charge in [-0.2, -0.15) is 5.26 Å². The Morgan fingerprint density at radius 2 is 2.05 bits per heavy atom. The van der Waals surface area contributed by atoms with Gasteiger partial charge in [0.15, 0.2) is 0 Å². The number of hydrogen-bond acceptors (Lipinski definition) is 4. The molecule has 1 aromatic heterocycles. The summed E-state index contributed by atoms with van der Waals surface area (Å²) in [6.07, 6.45) is 2.83. The van der Waals surface area contributed by atoms with Crippen molar-refractivity contribution in [3.63, 3.8) is 0 Å². The Hall–Kier alpha value is -2.38. The van der Waals surface area contributed by atoms with Gasteiger partial charge in [-0.25, -0.2) is 4.98 Å². The molecule has 1 saturated heterocycles. The van der Waals surface area contributed by atoms with Gasteiger partial charge in [-0.05, 0) is 31.2 Å². The lowest BCUT2D eigenvalue weighted by Gasteiger charge is -2.26. The fourth-order valence-corrected chi connectivity index (χ4v) is 2.99. The Morgan fingerprint density at radius 1 is 1.24 bits per heavy atom. The number of aromatic nitrogens is 1. The number of nitrogens with zero attached hydrogens (tertiary/aromatic N) is 3. The summed E-state index contributed by atoms with van der Waals surface area (Å²) in [4.78, 5) is 6.50. The van der Waals surface area contributed by atoms with Crippen LogP contribution in [0.15, 0.2) is 48.7 Å². The highest BCUT2D eigenvalue weighted by molar-refractivity contribution is 5.45. The molecular weight excluding hydrogens is 260 g/mol. The van der Waals surface area contributed by atoms with Gasteiger partial charge in [0.25, 0.3) is 0 Å². The number of likely N-dealkylation sites (N-methyl/N-ethyl adjacent to an activating group) is 1. The van der Waals surface area contributed by atoms with Crippen LogP contribution in [-0.4, -0.2) is 29.5 Å². The molecule has 1 aliphatic rings. The second-order valence-electron chi connectivity index (χ2n) is 5.42. The fourth-order valence-electron chi connectivity index (χ4n) is 2.99. The summed E-state index contributed by atoms with van der Waals surface area (Å²) in [6.45, 7) is 1.07. The third-order valence-electron chi connectivity index (χ3n) is 4.02. The highest BCUT2D eigenvalue weighted by atomic mass is 15.2. The Morgan fingerprint density at radius 3 is 2.71 bits per heavy atom. The van der Waals surface area contributed by atoms with Crippen LogP contribution < -0.4 is 5.32 Å². The van der Waals surface area contributed by atoms with Crippen molar-refractivity contribution in [3.05, 3.63) is 59.9 Å². The van der Waals surface area contributed by atoms with Crippen molar-refractivity contribution in [2.75, 3.05) is 18.9 Å². The maximum Gasteiger partial charge on any atom is 0.140 e. The molecular formula is C17H18N4. The van der Waals surface area contributed by atoms with Crippen LogP contribution >= 0.6 is 0 Å². The van der Waals surface area contributed by atoms with Crippen molar-refractivity contribution in [2.24, 2.45) is 0 Å². The van der Waals surface area contributed by atoms with Gasteiger partial charge in [0.05, 0.1) is 17.9 Å². The van der Waals surface area contributed by atoms with Gasteiger partial charge in [0.2, 0.25) is 0 Å². The van der Waals surface area contributed by atoms with E-state index in [2.05, 4.69) is 46.5 Å². The van der Waals surface area contributed by atoms with Crippen molar-refractivity contribution in [2.45, 2.75) is 18.5 Å². The van der Waals surface area contributed by atoms with E-state index in [1.807, 2.05) is 18.2 Å². The number of rotatable bonds is 3. The standard InChI is InChI=1S/C17H18N4/c1-21-10-9-16(17(21)13-5-3-2-4-6-13)20-15-8-7-14(11-18)19-12-15/h2-8,12,16-17,20H,9-10H2,1H3/t16-,17-/m0/s1. The van der Waals surface area contributed by atoms with Crippen molar-refractivity contribution in [1.82, 2.24) is 9.88 Å². The van der Waals surface area contributed by atoms with E-state index in [9.17, 15) is 0 Å². The molecule has 1 aliphatic heterocycles. The van der Waals surface area contributed by atoms with E-state index in [1.165, 1.54) is 5.56 Å². The third kappa shape index (κ3) is 2.88. The van der Waals surface area contributed by atoms with E-state index < -0.39 is 0 Å². The topological polar surface area (TPSA) is 52.0 Å². The molecule has 4 heteroatoms. The van der Waals surface area contributed by atoms with Crippen LogP contribution in [0.4, 0.5) is 5.69 Å². The molecule has 0 radical (unpaired) electrons. The molecule has 0 amide bonds. The van der Waals surface area contributed by atoms with Crippen LogP contribution in [-0.2, 0) is 0 Å². The van der Waals surface area contributed by atoms with Gasteiger partial charge in [-0.15, -0.1) is 0 Å². The lowest BCUT2D eigenvalue weighted by molar-refractivity contribution is 0.309. The number of hydrogen-bond donors (Lipinski definition) is 1. The summed E-state index contributed by atoms with van der Waals surface area (Å²) in [7, 11) is 2.16. The lowest BCUT2D eigenvalue weighted by Crippen LogP contribution is -2.29. The van der Waals surface area contributed by atoms with Crippen LogP contribution in [0.2, 0.25) is 0 Å². The largest absolute Gasteiger partial charge is 0.379 e. The molecule has 21 heavy (non-hydrogen) atoms. The normalized spacial score (nSPS) is 21.9. The van der Waals surface area contributed by atoms with Crippen molar-refractivity contribution >= 4 is 5.69 Å². The van der Waals surface area contributed by atoms with Crippen molar-refractivity contribution in [3.8, 4) is 6.07 Å². The van der Waals surface area contributed by atoms with Gasteiger partial charge >= 0.3 is 0 Å². The fraction of sp³-hybridized carbons (Fsp3) is 0.294. The molecule has 0 unspecified atom stereocenters. The van der Waals surface area contributed by atoms with E-state index >= 15 is 0 Å². The first-order chi connectivity index (χ1) is 10.3. The van der Waals surface area contributed by atoms with Crippen LogP contribution in [0.5, 0.6) is 0 Å². The zero-order chi connectivity index (χ0) is 14.7. The van der Waals surface area contributed by atoms with E-state index in [0.717, 1.165) is 18.7 Å². The molecule has 4 nitrogen and oxygen atoms in total. The van der Waals surface area contributed by atoms with Crippen LogP contribution in [0, 0.1) is 11.3 Å². The van der Waals surface area contributed by atoms with Gasteiger partial charge in [0.1, 0.15) is 11.8 Å². The number of likely N-dealkylation sites (tertiary alicyclic amines) is 1. The van der Waals surface area contributed by atoms with Crippen molar-refractivity contribution in [1.29, 1.82) is 5.26 Å². The molecule has 0 saturated carbocycles. The number of nitrogens with one attached hydrogen (secondary N) is 1. The van der Waals surface area contributed by atoms with E-state index in [-0.39, 0.29) is 0 Å². The highest BCUT2D eigenvalue weighted by Crippen LogP contribution is 2.32. The molecule has 0 bridgehead atoms. The minimum atomic E-state index is 0.354. The minimum Gasteiger partial charge on any atom is -0.379 e. The second kappa shape index (κ2) is 5.94. The third-order valence-corrected chi connectivity index (χ3v) is 4.02. The van der Waals surface area contributed by atoms with Crippen LogP contribution in [0.3, 0.4) is 0 Å². The second-order valence-corrected chi connectivity index (χ2v) is 5.42. The Labute approximate surface area is 125 Å². The molecule has 106 valence electrons. The Balaban J connectivity index is 1.79. The smallest absolute Gasteiger partial charge is 0.140 e. The molecule has 2 atom stereocenters. The SMILES string of the molecule is CN1CC[C@H](Nc2ccc(C#N)nc2)[C@@H]1c1ccccc1. The predicted octanol–water partition coefficient (Wildman–Crippen LogP) is 2.81. The molecule has 1 fully saturated rings. The van der Waals surface area contributed by atoms with E-state index in [0.29, 0.717) is 17.8 Å². The number of pyridine rings is 1. The summed E-state index contributed by atoms with van der Waals surface area (Å²) in [5.74, 6) is 0. The average Bonchev–Trinajstić information content (AvgIpc) is 2.89. The monoisotopic (exact) mass is 278 g/mol. The molecule has 0 spiro atoms. The molecule has 1 N–H and O–H groups in total. The zero-order valence-corrected chi connectivity index (χ0v) is 12.0. The number of benzene rings is 1. The summed E-state index contributed by atoms with van der Waals surface area (Å²) in [5.41, 5.74) is 2.75. The minimum absolute atomic E-state index is 0.354. The number of nitriles is 1. The lowest BCUT2D eigenvalue weighted by atomic mass is 10.00. The first-order valence-corrected chi connectivity index (χ1v) is 7.16. The summed E-state index contributed by atoms with van der Waals surface area (Å²) >= 11 is 0. The Bertz CT molecular complexity index is 630. The maximum atomic E-state index is 8.80. The maximum absolute atomic E-state index is 8.80. The Kier molecular flexibility index (Phi) is 3.85. The zero-order valence-electron chi connectivity index (χ0n) is 12.0. The predicted molar refractivity (Wildman–Crippen MR) is 82.8 cm³/mol. The van der Waals surface area contributed by atoms with Gasteiger partial charge in [0, 0.05) is 12.6 Å². The molecule has 3 rings (SSSR count). The van der Waals surface area contributed by atoms with Crippen LogP contribution in [0.1, 0.15) is 23.7 Å². The van der Waals surface area contributed by atoms with Gasteiger partial charge in [-0.1, -0.05) is 30.3 Å². The van der Waals surface area contributed by atoms with Crippen molar-refractivity contribution < 1.29 is 0 Å². The van der Waals surface area contributed by atoms with E-state index in [4.69, 9.17) is 5.26 Å². The van der Waals surface area contributed by atoms with Crippen LogP contribution in [0.25, 0.3) is 0 Å². The first-order valence-electron chi connectivity index (χ1n) is 7.16.